The maximum atomic E-state index is 15.0. The van der Waals surface area contributed by atoms with E-state index >= 15 is 9.59 Å². The number of carbonyl (C=O) groups excluding carboxylic acids is 2. The Hall–Kier alpha value is -4.51. The predicted octanol–water partition coefficient (Wildman–Crippen LogP) is 8.90. The van der Waals surface area contributed by atoms with E-state index in [-0.39, 0.29) is 22.8 Å². The van der Waals surface area contributed by atoms with Crippen molar-refractivity contribution in [2.24, 2.45) is 5.41 Å². The van der Waals surface area contributed by atoms with Gasteiger partial charge in [-0.05, 0) is 78.9 Å². The minimum Gasteiger partial charge on any atom is -0.468 e. The average molecular weight is 740 g/mol. The highest BCUT2D eigenvalue weighted by molar-refractivity contribution is 7.93. The predicted molar refractivity (Wildman–Crippen MR) is 207 cm³/mol. The maximum Gasteiger partial charge on any atom is 0.327 e. The van der Waals surface area contributed by atoms with Gasteiger partial charge in [-0.2, -0.15) is 0 Å². The van der Waals surface area contributed by atoms with Crippen LogP contribution in [0.5, 0.6) is 0 Å². The van der Waals surface area contributed by atoms with E-state index in [1.807, 2.05) is 73.7 Å². The average Bonchev–Trinajstić information content (AvgIpc) is 3.13. The van der Waals surface area contributed by atoms with E-state index in [9.17, 15) is 8.42 Å². The first-order chi connectivity index (χ1) is 24.6. The van der Waals surface area contributed by atoms with Crippen LogP contribution in [0, 0.1) is 12.3 Å². The number of nitrogens with zero attached hydrogens (tertiary/aromatic N) is 1. The van der Waals surface area contributed by atoms with Crippen molar-refractivity contribution in [3.63, 3.8) is 0 Å². The standard InChI is InChI=1S/C42H49NO7SSi/c1-31-24-26-36(27-25-31)51(46,47)43(35-22-16-11-17-23-35)30-33-28-29-41(34-20-14-10-15-21-34,50-52(7,8)40(2,3)4)42(38(44)48-5,39(45)49-6)37(33)32-18-12-9-13-19-32/h9-27,30,37H,28-29H2,1-8H3/b33-30-/t37-,41-/m0/s1. The molecule has 274 valence electrons. The summed E-state index contributed by atoms with van der Waals surface area (Å²) in [5.41, 5.74) is -0.683. The summed E-state index contributed by atoms with van der Waals surface area (Å²) < 4.78 is 49.3. The smallest absolute Gasteiger partial charge is 0.327 e. The fourth-order valence-corrected chi connectivity index (χ4v) is 10.0. The molecule has 0 aliphatic heterocycles. The number of hydrogen-bond donors (Lipinski definition) is 0. The molecule has 0 N–H and O–H groups in total. The Balaban J connectivity index is 1.93. The van der Waals surface area contributed by atoms with Gasteiger partial charge in [0.25, 0.3) is 10.0 Å². The summed E-state index contributed by atoms with van der Waals surface area (Å²) in [6, 6.07) is 34.0. The van der Waals surface area contributed by atoms with E-state index in [0.717, 1.165) is 5.56 Å². The van der Waals surface area contributed by atoms with Gasteiger partial charge in [-0.15, -0.1) is 0 Å². The lowest BCUT2D eigenvalue weighted by Crippen LogP contribution is -2.66. The van der Waals surface area contributed by atoms with Gasteiger partial charge in [-0.1, -0.05) is 117 Å². The first-order valence-corrected chi connectivity index (χ1v) is 21.8. The molecular weight excluding hydrogens is 691 g/mol. The molecule has 2 atom stereocenters. The monoisotopic (exact) mass is 739 g/mol. The third-order valence-corrected chi connectivity index (χ3v) is 16.9. The van der Waals surface area contributed by atoms with Crippen molar-refractivity contribution >= 4 is 36.0 Å². The number of rotatable bonds is 10. The fraction of sp³-hybridized carbons (Fsp3) is 0.333. The Bertz CT molecular complexity index is 1990. The number of esters is 2. The zero-order valence-corrected chi connectivity index (χ0v) is 33.1. The summed E-state index contributed by atoms with van der Waals surface area (Å²) in [6.07, 6.45) is 1.99. The van der Waals surface area contributed by atoms with Crippen LogP contribution >= 0.6 is 0 Å². The van der Waals surface area contributed by atoms with Crippen molar-refractivity contribution in [2.45, 2.75) is 75.1 Å². The van der Waals surface area contributed by atoms with Crippen LogP contribution in [-0.4, -0.2) is 42.9 Å². The zero-order chi connectivity index (χ0) is 38.0. The number of anilines is 1. The number of ether oxygens (including phenoxy) is 2. The first-order valence-electron chi connectivity index (χ1n) is 17.4. The Morgan fingerprint density at radius 3 is 1.79 bits per heavy atom. The van der Waals surface area contributed by atoms with Crippen LogP contribution in [-0.2, 0) is 39.1 Å². The van der Waals surface area contributed by atoms with Crippen molar-refractivity contribution in [3.8, 4) is 0 Å². The number of aryl methyl sites for hydroxylation is 1. The number of sulfonamides is 1. The molecule has 0 unspecified atom stereocenters. The van der Waals surface area contributed by atoms with E-state index in [4.69, 9.17) is 13.9 Å². The van der Waals surface area contributed by atoms with Crippen molar-refractivity contribution in [3.05, 3.63) is 144 Å². The maximum absolute atomic E-state index is 15.0. The second-order valence-corrected chi connectivity index (χ2v) is 21.4. The Morgan fingerprint density at radius 2 is 1.29 bits per heavy atom. The molecule has 8 nitrogen and oxygen atoms in total. The van der Waals surface area contributed by atoms with Gasteiger partial charge >= 0.3 is 11.9 Å². The number of hydrogen-bond acceptors (Lipinski definition) is 7. The summed E-state index contributed by atoms with van der Waals surface area (Å²) in [5, 5.41) is -0.322. The van der Waals surface area contributed by atoms with Crippen molar-refractivity contribution < 1.29 is 31.9 Å². The van der Waals surface area contributed by atoms with Crippen LogP contribution in [0.4, 0.5) is 5.69 Å². The fourth-order valence-electron chi connectivity index (χ4n) is 7.08. The first kappa shape index (κ1) is 38.7. The van der Waals surface area contributed by atoms with Gasteiger partial charge in [0, 0.05) is 12.1 Å². The molecule has 4 aromatic rings. The molecule has 0 spiro atoms. The van der Waals surface area contributed by atoms with Crippen molar-refractivity contribution in [2.75, 3.05) is 18.5 Å². The quantitative estimate of drug-likeness (QED) is 0.0910. The van der Waals surface area contributed by atoms with E-state index in [2.05, 4.69) is 33.9 Å². The van der Waals surface area contributed by atoms with Gasteiger partial charge in [0.05, 0.1) is 24.8 Å². The molecule has 4 aromatic carbocycles. The highest BCUT2D eigenvalue weighted by atomic mass is 32.2. The molecule has 5 rings (SSSR count). The van der Waals surface area contributed by atoms with Gasteiger partial charge in [-0.3, -0.25) is 9.59 Å². The van der Waals surface area contributed by atoms with E-state index < -0.39 is 47.2 Å². The van der Waals surface area contributed by atoms with Crippen LogP contribution < -0.4 is 4.31 Å². The molecular formula is C42H49NO7SSi. The molecule has 1 saturated carbocycles. The normalized spacial score (nSPS) is 19.8. The molecule has 1 aliphatic rings. The van der Waals surface area contributed by atoms with E-state index in [1.165, 1.54) is 18.5 Å². The van der Waals surface area contributed by atoms with Gasteiger partial charge < -0.3 is 13.9 Å². The van der Waals surface area contributed by atoms with Crippen LogP contribution in [0.3, 0.4) is 0 Å². The molecule has 1 fully saturated rings. The summed E-state index contributed by atoms with van der Waals surface area (Å²) in [4.78, 5) is 30.1. The Kier molecular flexibility index (Phi) is 11.1. The molecule has 0 bridgehead atoms. The SMILES string of the molecule is COC(=O)C1(C(=O)OC)[C@@H](c2ccccc2)/C(=C\N(c2ccccc2)S(=O)(=O)c2ccc(C)cc2)CC[C@]1(O[Si](C)(C)C(C)(C)C)c1ccccc1. The molecule has 10 heteroatoms. The molecule has 0 amide bonds. The molecule has 0 heterocycles. The van der Waals surface area contributed by atoms with Crippen LogP contribution in [0.1, 0.15) is 56.2 Å². The van der Waals surface area contributed by atoms with Gasteiger partial charge in [0.1, 0.15) is 5.60 Å². The Labute approximate surface area is 309 Å². The molecule has 0 aromatic heterocycles. The highest BCUT2D eigenvalue weighted by Gasteiger charge is 2.73. The van der Waals surface area contributed by atoms with Gasteiger partial charge in [0.2, 0.25) is 5.41 Å². The van der Waals surface area contributed by atoms with Crippen LogP contribution in [0.15, 0.2) is 132 Å². The topological polar surface area (TPSA) is 99.2 Å². The van der Waals surface area contributed by atoms with Crippen molar-refractivity contribution in [1.82, 2.24) is 0 Å². The number of para-hydroxylation sites is 1. The number of benzene rings is 4. The lowest BCUT2D eigenvalue weighted by atomic mass is 9.52. The Morgan fingerprint density at radius 1 is 0.788 bits per heavy atom. The largest absolute Gasteiger partial charge is 0.468 e. The second-order valence-electron chi connectivity index (χ2n) is 14.8. The summed E-state index contributed by atoms with van der Waals surface area (Å²) in [5.74, 6) is -2.75. The summed E-state index contributed by atoms with van der Waals surface area (Å²) >= 11 is 0. The summed E-state index contributed by atoms with van der Waals surface area (Å²) in [7, 11) is -4.49. The summed E-state index contributed by atoms with van der Waals surface area (Å²) in [6.45, 7) is 12.4. The lowest BCUT2D eigenvalue weighted by molar-refractivity contribution is -0.197. The van der Waals surface area contributed by atoms with Gasteiger partial charge in [-0.25, -0.2) is 12.7 Å². The third-order valence-electron chi connectivity index (χ3n) is 10.7. The second kappa shape index (κ2) is 14.8. The number of carbonyl (C=O) groups is 2. The number of allylic oxidation sites excluding steroid dienone is 1. The van der Waals surface area contributed by atoms with Crippen molar-refractivity contribution in [1.29, 1.82) is 0 Å². The molecule has 1 aliphatic carbocycles. The minimum absolute atomic E-state index is 0.0953. The number of methoxy groups -OCH3 is 2. The van der Waals surface area contributed by atoms with Gasteiger partial charge in [0.15, 0.2) is 8.32 Å². The minimum atomic E-state index is -4.19. The van der Waals surface area contributed by atoms with E-state index in [1.54, 1.807) is 54.7 Å². The van der Waals surface area contributed by atoms with E-state index in [0.29, 0.717) is 22.4 Å². The molecule has 0 saturated heterocycles. The third kappa shape index (κ3) is 6.75. The molecule has 52 heavy (non-hydrogen) atoms. The molecule has 0 radical (unpaired) electrons. The highest BCUT2D eigenvalue weighted by Crippen LogP contribution is 2.64. The zero-order valence-electron chi connectivity index (χ0n) is 31.3. The van der Waals surface area contributed by atoms with Crippen LogP contribution in [0.25, 0.3) is 0 Å². The lowest BCUT2D eigenvalue weighted by Gasteiger charge is -2.57. The van der Waals surface area contributed by atoms with Crippen LogP contribution in [0.2, 0.25) is 18.1 Å².